The fourth-order valence-corrected chi connectivity index (χ4v) is 2.68. The Morgan fingerprint density at radius 1 is 1.20 bits per heavy atom. The third-order valence-corrected chi connectivity index (χ3v) is 4.31. The summed E-state index contributed by atoms with van der Waals surface area (Å²) in [6.45, 7) is 8.32. The minimum absolute atomic E-state index is 0.177. The van der Waals surface area contributed by atoms with Crippen molar-refractivity contribution in [2.45, 2.75) is 63.0 Å². The Morgan fingerprint density at radius 2 is 1.85 bits per heavy atom. The summed E-state index contributed by atoms with van der Waals surface area (Å²) in [5, 5.41) is 3.31. The molecule has 0 spiro atoms. The van der Waals surface area contributed by atoms with E-state index in [9.17, 15) is 13.2 Å². The van der Waals surface area contributed by atoms with E-state index >= 15 is 0 Å². The van der Waals surface area contributed by atoms with Gasteiger partial charge in [-0.1, -0.05) is 33.8 Å². The number of alkyl halides is 3. The molecule has 114 valence electrons. The minimum atomic E-state index is -4.30. The highest BCUT2D eigenvalue weighted by atomic mass is 32.2. The van der Waals surface area contributed by atoms with Gasteiger partial charge in [0.2, 0.25) is 0 Å². The Kier molecular flexibility index (Phi) is 6.40. The molecule has 0 bridgehead atoms. The van der Waals surface area contributed by atoms with Crippen LogP contribution in [0.5, 0.6) is 0 Å². The van der Waals surface area contributed by atoms with Crippen LogP contribution < -0.4 is 5.32 Å². The molecule has 1 unspecified atom stereocenters. The Labute approximate surface area is 123 Å². The van der Waals surface area contributed by atoms with E-state index < -0.39 is 11.7 Å². The first-order chi connectivity index (χ1) is 9.24. The molecular weight excluding hydrogens is 283 g/mol. The molecule has 1 aromatic carbocycles. The molecule has 0 aliphatic carbocycles. The van der Waals surface area contributed by atoms with Crippen molar-refractivity contribution >= 4 is 11.8 Å². The molecule has 0 radical (unpaired) electrons. The molecule has 1 nitrogen and oxygen atoms in total. The van der Waals surface area contributed by atoms with Gasteiger partial charge in [0.15, 0.2) is 0 Å². The molecule has 1 rings (SSSR count). The molecule has 0 fully saturated rings. The summed E-state index contributed by atoms with van der Waals surface area (Å²) in [4.78, 5) is 0.320. The van der Waals surface area contributed by atoms with E-state index in [1.807, 2.05) is 27.7 Å². The van der Waals surface area contributed by atoms with Gasteiger partial charge in [-0.2, -0.15) is 13.2 Å². The van der Waals surface area contributed by atoms with Crippen LogP contribution in [-0.4, -0.2) is 11.3 Å². The fraction of sp³-hybridized carbons (Fsp3) is 0.600. The lowest BCUT2D eigenvalue weighted by Gasteiger charge is -2.17. The van der Waals surface area contributed by atoms with Gasteiger partial charge in [-0.3, -0.25) is 0 Å². The van der Waals surface area contributed by atoms with E-state index in [-0.39, 0.29) is 11.3 Å². The normalized spacial score (nSPS) is 13.8. The molecule has 0 saturated carbocycles. The van der Waals surface area contributed by atoms with Crippen molar-refractivity contribution in [2.75, 3.05) is 0 Å². The van der Waals surface area contributed by atoms with Crippen LogP contribution in [0.1, 0.15) is 45.2 Å². The van der Waals surface area contributed by atoms with Gasteiger partial charge in [-0.15, -0.1) is 11.8 Å². The first-order valence-electron chi connectivity index (χ1n) is 6.84. The summed E-state index contributed by atoms with van der Waals surface area (Å²) >= 11 is 1.29. The number of halogens is 3. The Bertz CT molecular complexity index is 430. The molecular formula is C15H22F3NS. The van der Waals surface area contributed by atoms with E-state index in [4.69, 9.17) is 0 Å². The van der Waals surface area contributed by atoms with Crippen molar-refractivity contribution in [1.29, 1.82) is 0 Å². The summed E-state index contributed by atoms with van der Waals surface area (Å²) in [5.74, 6) is 0. The second kappa shape index (κ2) is 7.36. The summed E-state index contributed by atoms with van der Waals surface area (Å²) in [6.07, 6.45) is -3.46. The summed E-state index contributed by atoms with van der Waals surface area (Å²) in [7, 11) is 0. The van der Waals surface area contributed by atoms with Crippen LogP contribution in [0.25, 0.3) is 0 Å². The molecule has 0 saturated heterocycles. The molecule has 20 heavy (non-hydrogen) atoms. The highest BCUT2D eigenvalue weighted by Crippen LogP contribution is 2.39. The third kappa shape index (κ3) is 5.37. The van der Waals surface area contributed by atoms with Crippen molar-refractivity contribution in [3.8, 4) is 0 Å². The topological polar surface area (TPSA) is 12.0 Å². The largest absolute Gasteiger partial charge is 0.417 e. The van der Waals surface area contributed by atoms with E-state index in [2.05, 4.69) is 5.32 Å². The van der Waals surface area contributed by atoms with Crippen LogP contribution in [0.2, 0.25) is 0 Å². The molecule has 1 N–H and O–H groups in total. The molecule has 0 aromatic heterocycles. The summed E-state index contributed by atoms with van der Waals surface area (Å²) < 4.78 is 39.4. The number of hydrogen-bond donors (Lipinski definition) is 1. The van der Waals surface area contributed by atoms with Gasteiger partial charge in [0.1, 0.15) is 0 Å². The Morgan fingerprint density at radius 3 is 2.35 bits per heavy atom. The van der Waals surface area contributed by atoms with Gasteiger partial charge in [-0.05, 0) is 24.1 Å². The molecule has 0 heterocycles. The van der Waals surface area contributed by atoms with Crippen LogP contribution in [0.4, 0.5) is 13.2 Å². The number of rotatable bonds is 6. The van der Waals surface area contributed by atoms with Crippen LogP contribution >= 0.6 is 11.8 Å². The Hall–Kier alpha value is -0.680. The predicted octanol–water partition coefficient (Wildman–Crippen LogP) is 5.09. The lowest BCUT2D eigenvalue weighted by atomic mass is 10.1. The molecule has 0 aliphatic rings. The van der Waals surface area contributed by atoms with Crippen molar-refractivity contribution in [3.63, 3.8) is 0 Å². The molecule has 1 aromatic rings. The standard InChI is InChI=1S/C15H22F3NS/c1-5-11(4)20-14-7-6-12(9-19-10(2)3)8-13(14)15(16,17)18/h6-8,10-11,19H,5,9H2,1-4H3. The number of benzene rings is 1. The van der Waals surface area contributed by atoms with Gasteiger partial charge in [0.05, 0.1) is 5.56 Å². The molecule has 1 atom stereocenters. The second-order valence-electron chi connectivity index (χ2n) is 5.20. The van der Waals surface area contributed by atoms with Crippen LogP contribution in [0.3, 0.4) is 0 Å². The average Bonchev–Trinajstić information content (AvgIpc) is 2.36. The first kappa shape index (κ1) is 17.4. The third-order valence-electron chi connectivity index (χ3n) is 2.97. The van der Waals surface area contributed by atoms with E-state index in [1.54, 1.807) is 12.1 Å². The van der Waals surface area contributed by atoms with Gasteiger partial charge in [0, 0.05) is 22.7 Å². The number of thioether (sulfide) groups is 1. The van der Waals surface area contributed by atoms with E-state index in [0.29, 0.717) is 17.0 Å². The zero-order valence-corrected chi connectivity index (χ0v) is 13.2. The first-order valence-corrected chi connectivity index (χ1v) is 7.72. The summed E-state index contributed by atoms with van der Waals surface area (Å²) in [5.41, 5.74) is 0.144. The fourth-order valence-electron chi connectivity index (χ4n) is 1.63. The van der Waals surface area contributed by atoms with E-state index in [0.717, 1.165) is 6.42 Å². The predicted molar refractivity (Wildman–Crippen MR) is 79.0 cm³/mol. The number of nitrogens with one attached hydrogen (secondary N) is 1. The number of hydrogen-bond acceptors (Lipinski definition) is 2. The van der Waals surface area contributed by atoms with Gasteiger partial charge in [-0.25, -0.2) is 0 Å². The van der Waals surface area contributed by atoms with Crippen molar-refractivity contribution in [2.24, 2.45) is 0 Å². The lowest BCUT2D eigenvalue weighted by Crippen LogP contribution is -2.22. The molecule has 0 aliphatic heterocycles. The second-order valence-corrected chi connectivity index (χ2v) is 6.68. The SMILES string of the molecule is CCC(C)Sc1ccc(CNC(C)C)cc1C(F)(F)F. The Balaban J connectivity index is 3.01. The zero-order valence-electron chi connectivity index (χ0n) is 12.3. The van der Waals surface area contributed by atoms with Gasteiger partial charge < -0.3 is 5.32 Å². The highest BCUT2D eigenvalue weighted by molar-refractivity contribution is 8.00. The van der Waals surface area contributed by atoms with Crippen LogP contribution in [-0.2, 0) is 12.7 Å². The van der Waals surface area contributed by atoms with Crippen LogP contribution in [0.15, 0.2) is 23.1 Å². The van der Waals surface area contributed by atoms with E-state index in [1.165, 1.54) is 17.8 Å². The van der Waals surface area contributed by atoms with Gasteiger partial charge in [0.25, 0.3) is 0 Å². The monoisotopic (exact) mass is 305 g/mol. The maximum absolute atomic E-state index is 13.1. The summed E-state index contributed by atoms with van der Waals surface area (Å²) in [6, 6.07) is 4.88. The molecule has 0 amide bonds. The zero-order chi connectivity index (χ0) is 15.3. The average molecular weight is 305 g/mol. The smallest absolute Gasteiger partial charge is 0.310 e. The van der Waals surface area contributed by atoms with Crippen LogP contribution in [0, 0.1) is 0 Å². The van der Waals surface area contributed by atoms with Crippen molar-refractivity contribution in [1.82, 2.24) is 5.32 Å². The lowest BCUT2D eigenvalue weighted by molar-refractivity contribution is -0.139. The maximum Gasteiger partial charge on any atom is 0.417 e. The van der Waals surface area contributed by atoms with Crippen molar-refractivity contribution in [3.05, 3.63) is 29.3 Å². The molecule has 5 heteroatoms. The minimum Gasteiger partial charge on any atom is -0.310 e. The highest BCUT2D eigenvalue weighted by Gasteiger charge is 2.34. The van der Waals surface area contributed by atoms with Crippen molar-refractivity contribution < 1.29 is 13.2 Å². The maximum atomic E-state index is 13.1. The quantitative estimate of drug-likeness (QED) is 0.734. The van der Waals surface area contributed by atoms with Gasteiger partial charge >= 0.3 is 6.18 Å².